The van der Waals surface area contributed by atoms with Crippen molar-refractivity contribution in [3.63, 3.8) is 0 Å². The molecule has 0 spiro atoms. The van der Waals surface area contributed by atoms with Crippen molar-refractivity contribution in [2.24, 2.45) is 0 Å². The van der Waals surface area contributed by atoms with Crippen LogP contribution in [0.3, 0.4) is 0 Å². The standard InChI is InChI=1S/K.H3O4P.Zr.H/c;1-5(2,3)4;;/h;(H3,1,2,3,4);;. The summed E-state index contributed by atoms with van der Waals surface area (Å²) in [6.45, 7) is 0. The maximum absolute atomic E-state index is 8.88. The summed E-state index contributed by atoms with van der Waals surface area (Å²) >= 11 is 0. The average Bonchev–Trinajstić information content (AvgIpc) is 0.722. The first-order valence-electron chi connectivity index (χ1n) is 0.783. The van der Waals surface area contributed by atoms with Gasteiger partial charge in [0.1, 0.15) is 0 Å². The zero-order chi connectivity index (χ0) is 4.50. The first-order valence-corrected chi connectivity index (χ1v) is 2.35. The molecule has 0 aromatic heterocycles. The fraction of sp³-hybridized carbons (Fsp3) is 0. The van der Waals surface area contributed by atoms with Gasteiger partial charge in [0.15, 0.2) is 0 Å². The summed E-state index contributed by atoms with van der Waals surface area (Å²) in [6, 6.07) is 0. The van der Waals surface area contributed by atoms with Crippen molar-refractivity contribution in [2.75, 3.05) is 0 Å². The van der Waals surface area contributed by atoms with E-state index in [0.29, 0.717) is 0 Å². The summed E-state index contributed by atoms with van der Waals surface area (Å²) in [5.74, 6) is 0. The Hall–Kier alpha value is 2.63. The van der Waals surface area contributed by atoms with Crippen LogP contribution >= 0.6 is 7.82 Å². The zero-order valence-corrected chi connectivity index (χ0v) is 6.05. The molecule has 0 aromatic carbocycles. The SMILES string of the molecule is O=P(O)(O)O.[KH].[Zr]. The van der Waals surface area contributed by atoms with E-state index in [1.54, 1.807) is 0 Å². The van der Waals surface area contributed by atoms with Crippen molar-refractivity contribution >= 4 is 59.2 Å². The Morgan fingerprint density at radius 2 is 1.14 bits per heavy atom. The Labute approximate surface area is 102 Å². The summed E-state index contributed by atoms with van der Waals surface area (Å²) in [7, 11) is -4.64. The van der Waals surface area contributed by atoms with E-state index in [4.69, 9.17) is 19.2 Å². The van der Waals surface area contributed by atoms with Crippen molar-refractivity contribution in [3.05, 3.63) is 0 Å². The van der Waals surface area contributed by atoms with E-state index in [0.717, 1.165) is 0 Å². The van der Waals surface area contributed by atoms with E-state index in [1.807, 2.05) is 0 Å². The zero-order valence-electron chi connectivity index (χ0n) is 2.70. The minimum absolute atomic E-state index is 0. The number of hydrogen-bond donors (Lipinski definition) is 3. The average molecular weight is 229 g/mol. The summed E-state index contributed by atoms with van der Waals surface area (Å²) in [4.78, 5) is 21.6. The normalized spacial score (nSPS) is 8.43. The molecule has 0 fully saturated rings. The molecule has 0 rings (SSSR count). The Morgan fingerprint density at radius 3 is 1.14 bits per heavy atom. The van der Waals surface area contributed by atoms with Crippen LogP contribution in [0.4, 0.5) is 0 Å². The van der Waals surface area contributed by atoms with Crippen molar-refractivity contribution in [3.8, 4) is 0 Å². The summed E-state index contributed by atoms with van der Waals surface area (Å²) in [5.41, 5.74) is 0. The van der Waals surface area contributed by atoms with Gasteiger partial charge in [0.2, 0.25) is 0 Å². The molecule has 0 aliphatic carbocycles. The molecule has 3 N–H and O–H groups in total. The van der Waals surface area contributed by atoms with E-state index in [1.165, 1.54) is 0 Å². The Kier molecular flexibility index (Phi) is 15.7. The number of rotatable bonds is 0. The number of hydrogen-bond acceptors (Lipinski definition) is 1. The van der Waals surface area contributed by atoms with Gasteiger partial charge in [0.25, 0.3) is 0 Å². The minimum Gasteiger partial charge on any atom is 0 e. The molecule has 38 valence electrons. The van der Waals surface area contributed by atoms with Gasteiger partial charge in [-0.1, -0.05) is 0 Å². The molecule has 0 radical (unpaired) electrons. The van der Waals surface area contributed by atoms with Crippen LogP contribution in [-0.4, -0.2) is 66.1 Å². The fourth-order valence-electron chi connectivity index (χ4n) is 0. The van der Waals surface area contributed by atoms with Gasteiger partial charge < -0.3 is 14.7 Å². The third-order valence-corrected chi connectivity index (χ3v) is 0. The molecular formula is H4KO4PZr. The maximum atomic E-state index is 8.88. The van der Waals surface area contributed by atoms with Gasteiger partial charge in [-0.05, 0) is 0 Å². The van der Waals surface area contributed by atoms with Gasteiger partial charge in [-0.25, -0.2) is 4.57 Å². The predicted octanol–water partition coefficient (Wildman–Crippen LogP) is -1.58. The van der Waals surface area contributed by atoms with Crippen molar-refractivity contribution in [1.82, 2.24) is 0 Å². The van der Waals surface area contributed by atoms with Crippen LogP contribution in [0.5, 0.6) is 0 Å². The van der Waals surface area contributed by atoms with Crippen LogP contribution in [0.15, 0.2) is 0 Å². The molecule has 0 aliphatic heterocycles. The first kappa shape index (κ1) is 16.3. The van der Waals surface area contributed by atoms with Gasteiger partial charge in [0, 0.05) is 26.2 Å². The Bertz CT molecular complexity index is 57.8. The van der Waals surface area contributed by atoms with Crippen molar-refractivity contribution < 1.29 is 45.4 Å². The molecule has 0 saturated heterocycles. The van der Waals surface area contributed by atoms with Crippen molar-refractivity contribution in [2.45, 2.75) is 0 Å². The second-order valence-electron chi connectivity index (χ2n) is 0.513. The molecule has 7 heteroatoms. The van der Waals surface area contributed by atoms with E-state index in [9.17, 15) is 0 Å². The fourth-order valence-corrected chi connectivity index (χ4v) is 0. The van der Waals surface area contributed by atoms with Crippen LogP contribution in [0.25, 0.3) is 0 Å². The third-order valence-electron chi connectivity index (χ3n) is 0. The number of phosphoric acid groups is 1. The van der Waals surface area contributed by atoms with Crippen LogP contribution in [0.2, 0.25) is 0 Å². The van der Waals surface area contributed by atoms with Gasteiger partial charge in [-0.3, -0.25) is 0 Å². The molecule has 7 heavy (non-hydrogen) atoms. The molecule has 0 aliphatic rings. The van der Waals surface area contributed by atoms with Gasteiger partial charge in [0.05, 0.1) is 0 Å². The van der Waals surface area contributed by atoms with Crippen LogP contribution < -0.4 is 0 Å². The molecule has 0 unspecified atom stereocenters. The van der Waals surface area contributed by atoms with E-state index < -0.39 is 7.82 Å². The molecule has 4 nitrogen and oxygen atoms in total. The summed E-state index contributed by atoms with van der Waals surface area (Å²) < 4.78 is 8.88. The van der Waals surface area contributed by atoms with E-state index in [2.05, 4.69) is 0 Å². The second kappa shape index (κ2) is 6.75. The molecule has 0 aromatic rings. The Balaban J connectivity index is -0.0000000800. The van der Waals surface area contributed by atoms with E-state index >= 15 is 0 Å². The predicted molar refractivity (Wildman–Crippen MR) is 21.4 cm³/mol. The minimum atomic E-state index is -4.64. The monoisotopic (exact) mass is 228 g/mol. The summed E-state index contributed by atoms with van der Waals surface area (Å²) in [6.07, 6.45) is 0. The quantitative estimate of drug-likeness (QED) is 0.346. The smallest absolute Gasteiger partial charge is 0 e. The van der Waals surface area contributed by atoms with Crippen molar-refractivity contribution in [1.29, 1.82) is 0 Å². The Morgan fingerprint density at radius 1 is 1.14 bits per heavy atom. The molecule has 0 saturated carbocycles. The van der Waals surface area contributed by atoms with Gasteiger partial charge >= 0.3 is 59.2 Å². The molecule has 0 heterocycles. The largest absolute Gasteiger partial charge is 0 e. The molecule has 0 atom stereocenters. The van der Waals surface area contributed by atoms with Crippen LogP contribution in [-0.2, 0) is 30.8 Å². The summed E-state index contributed by atoms with van der Waals surface area (Å²) in [5, 5.41) is 0. The van der Waals surface area contributed by atoms with Crippen LogP contribution in [0.1, 0.15) is 0 Å². The molecule has 0 bridgehead atoms. The second-order valence-corrected chi connectivity index (χ2v) is 1.54. The topological polar surface area (TPSA) is 77.8 Å². The van der Waals surface area contributed by atoms with Gasteiger partial charge in [-0.2, -0.15) is 0 Å². The molecule has 0 amide bonds. The van der Waals surface area contributed by atoms with Crippen LogP contribution in [0, 0.1) is 0 Å². The third kappa shape index (κ3) is 54.9. The maximum Gasteiger partial charge on any atom is 0 e. The van der Waals surface area contributed by atoms with Gasteiger partial charge in [-0.15, -0.1) is 0 Å². The first-order chi connectivity index (χ1) is 2.00. The molecular weight excluding hydrogens is 225 g/mol. The van der Waals surface area contributed by atoms with E-state index in [-0.39, 0.29) is 77.6 Å².